The molecule has 1 fully saturated rings. The van der Waals surface area contributed by atoms with E-state index in [4.69, 9.17) is 5.11 Å². The van der Waals surface area contributed by atoms with Crippen LogP contribution in [0.2, 0.25) is 0 Å². The summed E-state index contributed by atoms with van der Waals surface area (Å²) in [5, 5.41) is 19.6. The third-order valence-electron chi connectivity index (χ3n) is 3.66. The van der Waals surface area contributed by atoms with E-state index >= 15 is 0 Å². The van der Waals surface area contributed by atoms with Crippen LogP contribution in [0.1, 0.15) is 5.56 Å². The highest BCUT2D eigenvalue weighted by Gasteiger charge is 2.52. The molecule has 2 rings (SSSR count). The van der Waals surface area contributed by atoms with Crippen molar-refractivity contribution < 1.29 is 28.0 Å². The van der Waals surface area contributed by atoms with Crippen LogP contribution < -0.4 is 0 Å². The molecule has 0 aliphatic carbocycles. The first kappa shape index (κ1) is 19.2. The van der Waals surface area contributed by atoms with Gasteiger partial charge in [-0.2, -0.15) is 13.2 Å². The zero-order valence-electron chi connectivity index (χ0n) is 11.7. The summed E-state index contributed by atoms with van der Waals surface area (Å²) in [4.78, 5) is 22.4. The van der Waals surface area contributed by atoms with Crippen LogP contribution in [0.5, 0.6) is 0 Å². The lowest BCUT2D eigenvalue weighted by Gasteiger charge is -2.18. The Kier molecular flexibility index (Phi) is 5.95. The highest BCUT2D eigenvalue weighted by atomic mass is 35.5. The van der Waals surface area contributed by atoms with Crippen LogP contribution in [0.15, 0.2) is 24.3 Å². The van der Waals surface area contributed by atoms with Crippen LogP contribution in [-0.2, 0) is 11.3 Å². The summed E-state index contributed by atoms with van der Waals surface area (Å²) >= 11 is 0. The molecule has 0 spiro atoms. The number of carboxylic acid groups (broad SMARTS) is 1. The number of non-ortho nitro benzene ring substituents is 1. The van der Waals surface area contributed by atoms with Gasteiger partial charge in [0.15, 0.2) is 0 Å². The van der Waals surface area contributed by atoms with Gasteiger partial charge < -0.3 is 5.11 Å². The van der Waals surface area contributed by atoms with E-state index in [2.05, 4.69) is 0 Å². The first-order chi connectivity index (χ1) is 10.2. The number of aliphatic carboxylic acids is 1. The maximum atomic E-state index is 12.9. The Bertz CT molecular complexity index is 597. The van der Waals surface area contributed by atoms with Gasteiger partial charge in [-0.05, 0) is 5.56 Å². The molecular weight excluding hydrogens is 341 g/mol. The molecular formula is C13H14ClF3N2O4. The van der Waals surface area contributed by atoms with Gasteiger partial charge in [-0.15, -0.1) is 12.4 Å². The third kappa shape index (κ3) is 4.55. The number of benzene rings is 1. The van der Waals surface area contributed by atoms with E-state index in [0.29, 0.717) is 5.56 Å². The van der Waals surface area contributed by atoms with E-state index in [1.54, 1.807) is 6.07 Å². The largest absolute Gasteiger partial charge is 0.481 e. The Balaban J connectivity index is 0.00000264. The minimum absolute atomic E-state index is 0. The maximum absolute atomic E-state index is 12.9. The van der Waals surface area contributed by atoms with Gasteiger partial charge >= 0.3 is 12.1 Å². The van der Waals surface area contributed by atoms with Crippen LogP contribution in [0.25, 0.3) is 0 Å². The molecule has 1 N–H and O–H groups in total. The van der Waals surface area contributed by atoms with Gasteiger partial charge in [0.2, 0.25) is 0 Å². The van der Waals surface area contributed by atoms with Crippen molar-refractivity contribution in [1.29, 1.82) is 0 Å². The summed E-state index contributed by atoms with van der Waals surface area (Å²) in [7, 11) is 0. The first-order valence-electron chi connectivity index (χ1n) is 6.43. The third-order valence-corrected chi connectivity index (χ3v) is 3.66. The molecule has 10 heteroatoms. The highest BCUT2D eigenvalue weighted by molar-refractivity contribution is 5.85. The Morgan fingerprint density at radius 1 is 1.39 bits per heavy atom. The second kappa shape index (κ2) is 7.14. The van der Waals surface area contributed by atoms with E-state index in [1.165, 1.54) is 23.1 Å². The SMILES string of the molecule is Cl.O=C(O)[C@@H]1CN(Cc2cccc([N+](=O)[O-])c2)C[C@H]1C(F)(F)F. The van der Waals surface area contributed by atoms with E-state index in [1.807, 2.05) is 0 Å². The number of alkyl halides is 3. The van der Waals surface area contributed by atoms with E-state index in [0.717, 1.165) is 0 Å². The van der Waals surface area contributed by atoms with E-state index in [9.17, 15) is 28.1 Å². The second-order valence-electron chi connectivity index (χ2n) is 5.21. The van der Waals surface area contributed by atoms with Gasteiger partial charge in [0.05, 0.1) is 16.8 Å². The number of likely N-dealkylation sites (tertiary alicyclic amines) is 1. The van der Waals surface area contributed by atoms with Gasteiger partial charge in [-0.3, -0.25) is 19.8 Å². The minimum atomic E-state index is -4.58. The van der Waals surface area contributed by atoms with E-state index < -0.39 is 35.4 Å². The number of hydrogen-bond acceptors (Lipinski definition) is 4. The Morgan fingerprint density at radius 3 is 2.52 bits per heavy atom. The minimum Gasteiger partial charge on any atom is -0.481 e. The van der Waals surface area contributed by atoms with Gasteiger partial charge in [0, 0.05) is 31.8 Å². The van der Waals surface area contributed by atoms with Crippen LogP contribution in [0, 0.1) is 22.0 Å². The van der Waals surface area contributed by atoms with Crippen molar-refractivity contribution in [2.24, 2.45) is 11.8 Å². The molecule has 6 nitrogen and oxygen atoms in total. The van der Waals surface area contributed by atoms with Crippen LogP contribution in [-0.4, -0.2) is 40.2 Å². The topological polar surface area (TPSA) is 83.7 Å². The molecule has 1 aromatic carbocycles. The molecule has 23 heavy (non-hydrogen) atoms. The fourth-order valence-corrected chi connectivity index (χ4v) is 2.62. The van der Waals surface area contributed by atoms with Crippen molar-refractivity contribution in [2.75, 3.05) is 13.1 Å². The number of halogens is 4. The molecule has 2 atom stereocenters. The summed E-state index contributed by atoms with van der Waals surface area (Å²) in [5.41, 5.74) is 0.319. The number of nitrogens with zero attached hydrogens (tertiary/aromatic N) is 2. The molecule has 0 bridgehead atoms. The zero-order valence-corrected chi connectivity index (χ0v) is 12.5. The first-order valence-corrected chi connectivity index (χ1v) is 6.43. The summed E-state index contributed by atoms with van der Waals surface area (Å²) in [6, 6.07) is 5.56. The molecule has 128 valence electrons. The van der Waals surface area contributed by atoms with Gasteiger partial charge in [-0.1, -0.05) is 12.1 Å². The van der Waals surface area contributed by atoms with Gasteiger partial charge in [0.1, 0.15) is 0 Å². The van der Waals surface area contributed by atoms with Crippen molar-refractivity contribution in [2.45, 2.75) is 12.7 Å². The lowest BCUT2D eigenvalue weighted by molar-refractivity contribution is -0.384. The summed E-state index contributed by atoms with van der Waals surface area (Å²) in [5.74, 6) is -4.92. The Hall–Kier alpha value is -1.87. The number of hydrogen-bond donors (Lipinski definition) is 1. The van der Waals surface area contributed by atoms with Gasteiger partial charge in [0.25, 0.3) is 5.69 Å². The number of rotatable bonds is 4. The predicted octanol–water partition coefficient (Wildman–Crippen LogP) is 2.71. The van der Waals surface area contributed by atoms with Crippen molar-refractivity contribution in [1.82, 2.24) is 4.90 Å². The molecule has 1 aromatic rings. The van der Waals surface area contributed by atoms with Crippen LogP contribution in [0.4, 0.5) is 18.9 Å². The normalized spacial score (nSPS) is 21.7. The zero-order chi connectivity index (χ0) is 16.5. The summed E-state index contributed by atoms with van der Waals surface area (Å²) in [6.07, 6.45) is -4.58. The molecule has 1 aliphatic heterocycles. The average molecular weight is 355 g/mol. The maximum Gasteiger partial charge on any atom is 0.393 e. The molecule has 0 radical (unpaired) electrons. The van der Waals surface area contributed by atoms with Crippen LogP contribution >= 0.6 is 12.4 Å². The standard InChI is InChI=1S/C13H13F3N2O4.ClH/c14-13(15,16)11-7-17(6-10(11)12(19)20)5-8-2-1-3-9(4-8)18(21)22;/h1-4,10-11H,5-7H2,(H,19,20);1H/t10-,11-;/m1./s1. The predicted molar refractivity (Wildman–Crippen MR) is 76.3 cm³/mol. The lowest BCUT2D eigenvalue weighted by atomic mass is 9.96. The van der Waals surface area contributed by atoms with Gasteiger partial charge in [-0.25, -0.2) is 0 Å². The summed E-state index contributed by atoms with van der Waals surface area (Å²) < 4.78 is 38.6. The lowest BCUT2D eigenvalue weighted by Crippen LogP contribution is -2.33. The number of nitro groups is 1. The molecule has 0 aromatic heterocycles. The molecule has 0 amide bonds. The smallest absolute Gasteiger partial charge is 0.393 e. The number of carboxylic acids is 1. The average Bonchev–Trinajstić information content (AvgIpc) is 2.83. The molecule has 1 saturated heterocycles. The number of carbonyl (C=O) groups is 1. The quantitative estimate of drug-likeness (QED) is 0.664. The fraction of sp³-hybridized carbons (Fsp3) is 0.462. The monoisotopic (exact) mass is 354 g/mol. The second-order valence-corrected chi connectivity index (χ2v) is 5.21. The van der Waals surface area contributed by atoms with Crippen molar-refractivity contribution in [3.8, 4) is 0 Å². The molecule has 1 aliphatic rings. The Labute approximate surface area is 135 Å². The van der Waals surface area contributed by atoms with E-state index in [-0.39, 0.29) is 31.2 Å². The molecule has 1 heterocycles. The molecule has 0 saturated carbocycles. The van der Waals surface area contributed by atoms with Crippen molar-refractivity contribution in [3.05, 3.63) is 39.9 Å². The van der Waals surface area contributed by atoms with Crippen LogP contribution in [0.3, 0.4) is 0 Å². The highest BCUT2D eigenvalue weighted by Crippen LogP contribution is 2.38. The van der Waals surface area contributed by atoms with Crippen molar-refractivity contribution >= 4 is 24.1 Å². The van der Waals surface area contributed by atoms with Crippen molar-refractivity contribution in [3.63, 3.8) is 0 Å². The molecule has 0 unspecified atom stereocenters. The Morgan fingerprint density at radius 2 is 2.04 bits per heavy atom. The number of nitro benzene ring substituents is 1. The fourth-order valence-electron chi connectivity index (χ4n) is 2.62. The summed E-state index contributed by atoms with van der Waals surface area (Å²) in [6.45, 7) is -0.622.